The molecule has 0 aliphatic rings. The lowest BCUT2D eigenvalue weighted by molar-refractivity contribution is -0.158. The summed E-state index contributed by atoms with van der Waals surface area (Å²) in [7, 11) is -4.28. The van der Waals surface area contributed by atoms with Crippen LogP contribution in [-0.4, -0.2) is 50.7 Å². The molecule has 0 spiro atoms. The highest BCUT2D eigenvalue weighted by molar-refractivity contribution is 7.94. The molecule has 0 aromatic heterocycles. The maximum absolute atomic E-state index is 12.1. The van der Waals surface area contributed by atoms with Crippen molar-refractivity contribution in [3.05, 3.63) is 0 Å². The smallest absolute Gasteiger partial charge is 0.354 e. The van der Waals surface area contributed by atoms with E-state index in [1.54, 1.807) is 0 Å². The van der Waals surface area contributed by atoms with Crippen molar-refractivity contribution in [3.8, 4) is 0 Å². The van der Waals surface area contributed by atoms with Gasteiger partial charge in [0.25, 0.3) is 0 Å². The summed E-state index contributed by atoms with van der Waals surface area (Å²) >= 11 is 0. The quantitative estimate of drug-likeness (QED) is 0.409. The van der Waals surface area contributed by atoms with Crippen molar-refractivity contribution in [2.24, 2.45) is 11.5 Å². The Hall–Kier alpha value is -1.19. The lowest BCUT2D eigenvalue weighted by atomic mass is 10.3. The van der Waals surface area contributed by atoms with Crippen LogP contribution in [0.15, 0.2) is 0 Å². The van der Waals surface area contributed by atoms with Crippen LogP contribution in [0.5, 0.6) is 0 Å². The van der Waals surface area contributed by atoms with Gasteiger partial charge in [0.05, 0.1) is 19.0 Å². The second kappa shape index (κ2) is 7.41. The van der Waals surface area contributed by atoms with Gasteiger partial charge in [-0.05, 0) is 26.8 Å². The van der Waals surface area contributed by atoms with E-state index in [1.165, 1.54) is 13.8 Å². The van der Waals surface area contributed by atoms with E-state index in [1.807, 2.05) is 0 Å². The number of hydrogen-bond donors (Lipinski definition) is 2. The van der Waals surface area contributed by atoms with Gasteiger partial charge in [-0.25, -0.2) is 18.0 Å². The fraction of sp³-hybridized carbons (Fsp3) is 0.800. The molecule has 0 unspecified atom stereocenters. The number of ether oxygens (including phenoxy) is 2. The predicted octanol–water partition coefficient (Wildman–Crippen LogP) is -1.47. The van der Waals surface area contributed by atoms with E-state index in [9.17, 15) is 18.0 Å². The molecule has 0 atom stereocenters. The van der Waals surface area contributed by atoms with Crippen LogP contribution < -0.4 is 11.5 Å². The summed E-state index contributed by atoms with van der Waals surface area (Å²) in [6.45, 7) is 2.81. The van der Waals surface area contributed by atoms with Crippen LogP contribution >= 0.6 is 0 Å². The maximum atomic E-state index is 12.1. The fourth-order valence-corrected chi connectivity index (χ4v) is 2.74. The Morgan fingerprint density at radius 1 is 1.11 bits per heavy atom. The summed E-state index contributed by atoms with van der Waals surface area (Å²) in [6, 6.07) is 0. The molecule has 0 aliphatic heterocycles. The van der Waals surface area contributed by atoms with Crippen molar-refractivity contribution < 1.29 is 27.5 Å². The third-order valence-corrected chi connectivity index (χ3v) is 4.41. The van der Waals surface area contributed by atoms with Crippen LogP contribution in [0.3, 0.4) is 0 Å². The van der Waals surface area contributed by atoms with Gasteiger partial charge in [0, 0.05) is 0 Å². The molecule has 0 amide bonds. The first-order chi connectivity index (χ1) is 8.77. The Morgan fingerprint density at radius 3 is 1.84 bits per heavy atom. The monoisotopic (exact) mass is 296 g/mol. The van der Waals surface area contributed by atoms with Crippen molar-refractivity contribution >= 4 is 21.8 Å². The minimum absolute atomic E-state index is 0.0695. The molecule has 0 heterocycles. The van der Waals surface area contributed by atoms with Gasteiger partial charge in [0.1, 0.15) is 0 Å². The van der Waals surface area contributed by atoms with Crippen LogP contribution in [0, 0.1) is 0 Å². The summed E-state index contributed by atoms with van der Waals surface area (Å²) in [5.41, 5.74) is 10.7. The Labute approximate surface area is 112 Å². The van der Waals surface area contributed by atoms with Gasteiger partial charge in [-0.15, -0.1) is 0 Å². The number of rotatable bonds is 8. The zero-order valence-electron chi connectivity index (χ0n) is 11.0. The molecule has 0 rings (SSSR count). The number of carbonyl (C=O) groups is 2. The Kier molecular flexibility index (Phi) is 6.95. The Balaban J connectivity index is 5.50. The number of nitrogens with two attached hydrogens (primary N) is 2. The third-order valence-electron chi connectivity index (χ3n) is 2.27. The topological polar surface area (TPSA) is 139 Å². The first kappa shape index (κ1) is 17.8. The molecule has 9 heteroatoms. The summed E-state index contributed by atoms with van der Waals surface area (Å²) in [5.74, 6) is -3.19. The van der Waals surface area contributed by atoms with Gasteiger partial charge in [-0.2, -0.15) is 0 Å². The molecule has 0 aromatic rings. The molecule has 0 aliphatic carbocycles. The average Bonchev–Trinajstić information content (AvgIpc) is 2.35. The molecule has 19 heavy (non-hydrogen) atoms. The first-order valence-corrected chi connectivity index (χ1v) is 7.48. The molecule has 4 N–H and O–H groups in total. The Morgan fingerprint density at radius 2 is 1.53 bits per heavy atom. The molecule has 112 valence electrons. The van der Waals surface area contributed by atoms with E-state index in [4.69, 9.17) is 11.5 Å². The van der Waals surface area contributed by atoms with Gasteiger partial charge < -0.3 is 15.2 Å². The highest BCUT2D eigenvalue weighted by Crippen LogP contribution is 2.18. The summed E-state index contributed by atoms with van der Waals surface area (Å²) < 4.78 is 33.3. The summed E-state index contributed by atoms with van der Waals surface area (Å²) in [6.07, 6.45) is 0.0695. The lowest BCUT2D eigenvalue weighted by Crippen LogP contribution is -2.62. The first-order valence-electron chi connectivity index (χ1n) is 5.83. The SMILES string of the molecule is CCOC(=O)C(N)(C(=O)OCC)S(=O)(=O)CCCN. The molecule has 8 nitrogen and oxygen atoms in total. The van der Waals surface area contributed by atoms with Crippen LogP contribution in [0.1, 0.15) is 20.3 Å². The number of carbonyl (C=O) groups excluding carboxylic acids is 2. The van der Waals surface area contributed by atoms with E-state index >= 15 is 0 Å². The molecular weight excluding hydrogens is 276 g/mol. The fourth-order valence-electron chi connectivity index (χ4n) is 1.25. The van der Waals surface area contributed by atoms with E-state index in [2.05, 4.69) is 9.47 Å². The highest BCUT2D eigenvalue weighted by Gasteiger charge is 2.56. The van der Waals surface area contributed by atoms with Gasteiger partial charge in [-0.3, -0.25) is 5.73 Å². The zero-order chi connectivity index (χ0) is 15.1. The second-order valence-electron chi connectivity index (χ2n) is 3.64. The van der Waals surface area contributed by atoms with Crippen molar-refractivity contribution in [3.63, 3.8) is 0 Å². The molecule has 0 aromatic carbocycles. The molecular formula is C10H20N2O6S. The number of hydrogen-bond acceptors (Lipinski definition) is 8. The molecule has 0 radical (unpaired) electrons. The molecule has 0 bridgehead atoms. The minimum Gasteiger partial charge on any atom is -0.463 e. The van der Waals surface area contributed by atoms with Crippen molar-refractivity contribution in [2.75, 3.05) is 25.5 Å². The minimum atomic E-state index is -4.28. The van der Waals surface area contributed by atoms with E-state index in [-0.39, 0.29) is 26.2 Å². The lowest BCUT2D eigenvalue weighted by Gasteiger charge is -2.24. The zero-order valence-corrected chi connectivity index (χ0v) is 11.9. The normalized spacial score (nSPS) is 12.0. The highest BCUT2D eigenvalue weighted by atomic mass is 32.2. The van der Waals surface area contributed by atoms with E-state index in [0.717, 1.165) is 0 Å². The number of esters is 2. The van der Waals surface area contributed by atoms with Crippen molar-refractivity contribution in [1.82, 2.24) is 0 Å². The largest absolute Gasteiger partial charge is 0.463 e. The van der Waals surface area contributed by atoms with Gasteiger partial charge in [0.15, 0.2) is 9.84 Å². The van der Waals surface area contributed by atoms with Gasteiger partial charge in [-0.1, -0.05) is 0 Å². The van der Waals surface area contributed by atoms with Gasteiger partial charge >= 0.3 is 16.8 Å². The van der Waals surface area contributed by atoms with Crippen LogP contribution in [0.2, 0.25) is 0 Å². The van der Waals surface area contributed by atoms with Crippen molar-refractivity contribution in [1.29, 1.82) is 0 Å². The molecule has 0 saturated heterocycles. The average molecular weight is 296 g/mol. The maximum Gasteiger partial charge on any atom is 0.354 e. The third kappa shape index (κ3) is 3.88. The van der Waals surface area contributed by atoms with Crippen LogP contribution in [0.25, 0.3) is 0 Å². The molecule has 0 fully saturated rings. The number of sulfone groups is 1. The molecule has 0 saturated carbocycles. The van der Waals surface area contributed by atoms with Crippen LogP contribution in [0.4, 0.5) is 0 Å². The van der Waals surface area contributed by atoms with E-state index in [0.29, 0.717) is 0 Å². The summed E-state index contributed by atoms with van der Waals surface area (Å²) in [4.78, 5) is 20.6. The van der Waals surface area contributed by atoms with E-state index < -0.39 is 32.4 Å². The summed E-state index contributed by atoms with van der Waals surface area (Å²) in [5, 5.41) is 0. The van der Waals surface area contributed by atoms with Crippen LogP contribution in [-0.2, 0) is 28.9 Å². The van der Waals surface area contributed by atoms with Gasteiger partial charge in [0.2, 0.25) is 0 Å². The van der Waals surface area contributed by atoms with Crippen molar-refractivity contribution in [2.45, 2.75) is 25.1 Å². The Bertz CT molecular complexity index is 402. The standard InChI is InChI=1S/C10H20N2O6S/c1-3-17-8(13)10(12,9(14)18-4-2)19(15,16)7-5-6-11/h3-7,11-12H2,1-2H3. The predicted molar refractivity (Wildman–Crippen MR) is 67.6 cm³/mol. The second-order valence-corrected chi connectivity index (χ2v) is 5.92.